The van der Waals surface area contributed by atoms with Gasteiger partial charge < -0.3 is 24.8 Å². The summed E-state index contributed by atoms with van der Waals surface area (Å²) in [4.78, 5) is 6.67. The van der Waals surface area contributed by atoms with Crippen LogP contribution in [-0.2, 0) is 6.42 Å². The summed E-state index contributed by atoms with van der Waals surface area (Å²) in [7, 11) is 3.40. The Morgan fingerprint density at radius 1 is 1.14 bits per heavy atom. The monoisotopic (exact) mass is 511 g/mol. The number of halogens is 1. The Labute approximate surface area is 190 Å². The Hall–Kier alpha value is -2.16. The van der Waals surface area contributed by atoms with E-state index in [0.29, 0.717) is 18.7 Å². The molecule has 1 heterocycles. The number of hydrogen-bond donors (Lipinski definition) is 2. The normalized spacial score (nSPS) is 14.8. The third-order valence-electron chi connectivity index (χ3n) is 4.97. The molecule has 0 spiro atoms. The van der Waals surface area contributed by atoms with Crippen LogP contribution in [0.25, 0.3) is 0 Å². The molecule has 7 heteroatoms. The third kappa shape index (κ3) is 6.69. The summed E-state index contributed by atoms with van der Waals surface area (Å²) in [5, 5.41) is 13.5. The lowest BCUT2D eigenvalue weighted by Gasteiger charge is -2.34. The van der Waals surface area contributed by atoms with E-state index in [4.69, 9.17) is 9.47 Å². The Balaban J connectivity index is 0.00000300. The van der Waals surface area contributed by atoms with E-state index in [1.807, 2.05) is 42.5 Å². The van der Waals surface area contributed by atoms with Gasteiger partial charge in [-0.05, 0) is 30.2 Å². The molecule has 6 nitrogen and oxygen atoms in total. The highest BCUT2D eigenvalue weighted by molar-refractivity contribution is 14.0. The second kappa shape index (κ2) is 11.7. The van der Waals surface area contributed by atoms with Gasteiger partial charge in [0.25, 0.3) is 0 Å². The molecule has 0 saturated carbocycles. The minimum absolute atomic E-state index is 0. The summed E-state index contributed by atoms with van der Waals surface area (Å²) in [6.07, 6.45) is 2.89. The van der Waals surface area contributed by atoms with Gasteiger partial charge in [-0.15, -0.1) is 24.0 Å². The van der Waals surface area contributed by atoms with Gasteiger partial charge in [0, 0.05) is 45.6 Å². The Morgan fingerprint density at radius 3 is 2.48 bits per heavy atom. The highest BCUT2D eigenvalue weighted by atomic mass is 127. The van der Waals surface area contributed by atoms with Gasteiger partial charge in [-0.2, -0.15) is 0 Å². The van der Waals surface area contributed by atoms with E-state index in [0.717, 1.165) is 43.2 Å². The van der Waals surface area contributed by atoms with E-state index in [9.17, 15) is 5.11 Å². The molecule has 0 aromatic heterocycles. The smallest absolute Gasteiger partial charge is 0.193 e. The number of rotatable bonds is 6. The average Bonchev–Trinajstić information content (AvgIpc) is 2.73. The number of likely N-dealkylation sites (tertiary alicyclic amines) is 1. The van der Waals surface area contributed by atoms with E-state index in [1.165, 1.54) is 0 Å². The Morgan fingerprint density at radius 2 is 1.86 bits per heavy atom. The van der Waals surface area contributed by atoms with Crippen molar-refractivity contribution >= 4 is 29.9 Å². The molecule has 29 heavy (non-hydrogen) atoms. The average molecular weight is 511 g/mol. The highest BCUT2D eigenvalue weighted by Crippen LogP contribution is 2.23. The zero-order valence-corrected chi connectivity index (χ0v) is 19.3. The first kappa shape index (κ1) is 23.1. The Bertz CT molecular complexity index is 778. The lowest BCUT2D eigenvalue weighted by Crippen LogP contribution is -2.47. The van der Waals surface area contributed by atoms with Crippen LogP contribution in [0.5, 0.6) is 17.2 Å². The number of hydrogen-bond acceptors (Lipinski definition) is 4. The minimum atomic E-state index is 0. The molecule has 2 aromatic rings. The van der Waals surface area contributed by atoms with Gasteiger partial charge in [-0.3, -0.25) is 4.99 Å². The van der Waals surface area contributed by atoms with E-state index in [2.05, 4.69) is 15.2 Å². The molecule has 1 aliphatic rings. The molecule has 0 bridgehead atoms. The van der Waals surface area contributed by atoms with Gasteiger partial charge in [-0.1, -0.05) is 24.3 Å². The minimum Gasteiger partial charge on any atom is -0.508 e. The second-order valence-electron chi connectivity index (χ2n) is 6.84. The zero-order valence-electron chi connectivity index (χ0n) is 17.0. The molecule has 0 radical (unpaired) electrons. The first-order valence-corrected chi connectivity index (χ1v) is 9.73. The number of aromatic hydroxyl groups is 1. The maximum absolute atomic E-state index is 10.1. The van der Waals surface area contributed by atoms with Crippen LogP contribution >= 0.6 is 24.0 Å². The largest absolute Gasteiger partial charge is 0.508 e. The zero-order chi connectivity index (χ0) is 19.8. The highest BCUT2D eigenvalue weighted by Gasteiger charge is 2.22. The van der Waals surface area contributed by atoms with Gasteiger partial charge in [0.1, 0.15) is 23.4 Å². The van der Waals surface area contributed by atoms with Gasteiger partial charge >= 0.3 is 0 Å². The molecule has 2 aromatic carbocycles. The van der Waals surface area contributed by atoms with Crippen molar-refractivity contribution in [2.75, 3.05) is 33.8 Å². The number of benzene rings is 2. The molecule has 1 saturated heterocycles. The van der Waals surface area contributed by atoms with Crippen LogP contribution in [0.15, 0.2) is 53.5 Å². The van der Waals surface area contributed by atoms with Crippen molar-refractivity contribution in [2.45, 2.75) is 25.4 Å². The van der Waals surface area contributed by atoms with Crippen molar-refractivity contribution in [3.63, 3.8) is 0 Å². The van der Waals surface area contributed by atoms with Crippen molar-refractivity contribution in [1.29, 1.82) is 0 Å². The van der Waals surface area contributed by atoms with Crippen LogP contribution in [-0.4, -0.2) is 55.9 Å². The van der Waals surface area contributed by atoms with E-state index < -0.39 is 0 Å². The summed E-state index contributed by atoms with van der Waals surface area (Å²) in [6, 6.07) is 15.4. The number of para-hydroxylation sites is 1. The lowest BCUT2D eigenvalue weighted by molar-refractivity contribution is 0.129. The molecule has 0 amide bonds. The molecule has 1 aliphatic heterocycles. The van der Waals surface area contributed by atoms with E-state index >= 15 is 0 Å². The van der Waals surface area contributed by atoms with Crippen LogP contribution in [0.4, 0.5) is 0 Å². The first-order valence-electron chi connectivity index (χ1n) is 9.73. The van der Waals surface area contributed by atoms with E-state index in [-0.39, 0.29) is 35.8 Å². The molecule has 0 aliphatic carbocycles. The number of phenolic OH excluding ortho intramolecular Hbond substituents is 1. The van der Waals surface area contributed by atoms with Crippen LogP contribution in [0.2, 0.25) is 0 Å². The number of piperidine rings is 1. The van der Waals surface area contributed by atoms with Crippen molar-refractivity contribution in [3.05, 3.63) is 54.1 Å². The van der Waals surface area contributed by atoms with Gasteiger partial charge in [-0.25, -0.2) is 0 Å². The summed E-state index contributed by atoms with van der Waals surface area (Å²) < 4.78 is 11.2. The third-order valence-corrected chi connectivity index (χ3v) is 4.97. The fourth-order valence-electron chi connectivity index (χ4n) is 3.40. The number of phenols is 1. The molecular weight excluding hydrogens is 481 g/mol. The lowest BCUT2D eigenvalue weighted by atomic mass is 10.1. The molecule has 1 fully saturated rings. The number of nitrogens with zero attached hydrogens (tertiary/aromatic N) is 2. The molecule has 158 valence electrons. The molecular formula is C22H30IN3O3. The van der Waals surface area contributed by atoms with E-state index in [1.54, 1.807) is 20.2 Å². The molecule has 3 rings (SSSR count). The van der Waals surface area contributed by atoms with Crippen LogP contribution in [0, 0.1) is 0 Å². The predicted octanol–water partition coefficient (Wildman–Crippen LogP) is 3.68. The number of nitrogens with one attached hydrogen (secondary N) is 1. The second-order valence-corrected chi connectivity index (χ2v) is 6.84. The number of aliphatic imine (C=N–C) groups is 1. The standard InChI is InChI=1S/C22H29N3O3.HI/c1-23-22(24-13-10-17-8-9-20(27-2)16-21(17)26)25-14-11-19(12-15-25)28-18-6-4-3-5-7-18;/h3-9,16,19,26H,10-15H2,1-2H3,(H,23,24);1H. The maximum Gasteiger partial charge on any atom is 0.193 e. The van der Waals surface area contributed by atoms with Gasteiger partial charge in [0.15, 0.2) is 5.96 Å². The quantitative estimate of drug-likeness (QED) is 0.352. The number of ether oxygens (including phenoxy) is 2. The maximum atomic E-state index is 10.1. The van der Waals surface area contributed by atoms with Crippen molar-refractivity contribution in [1.82, 2.24) is 10.2 Å². The van der Waals surface area contributed by atoms with Crippen LogP contribution in [0.3, 0.4) is 0 Å². The summed E-state index contributed by atoms with van der Waals surface area (Å²) in [5.41, 5.74) is 0.888. The fraction of sp³-hybridized carbons (Fsp3) is 0.409. The van der Waals surface area contributed by atoms with Crippen LogP contribution < -0.4 is 14.8 Å². The van der Waals surface area contributed by atoms with Crippen molar-refractivity contribution < 1.29 is 14.6 Å². The first-order chi connectivity index (χ1) is 13.7. The molecule has 2 N–H and O–H groups in total. The summed E-state index contributed by atoms with van der Waals surface area (Å²) in [5.74, 6) is 2.74. The summed E-state index contributed by atoms with van der Waals surface area (Å²) >= 11 is 0. The van der Waals surface area contributed by atoms with Gasteiger partial charge in [0.05, 0.1) is 7.11 Å². The summed E-state index contributed by atoms with van der Waals surface area (Å²) in [6.45, 7) is 2.52. The Kier molecular flexibility index (Phi) is 9.37. The van der Waals surface area contributed by atoms with Crippen molar-refractivity contribution in [3.8, 4) is 17.2 Å². The molecule has 0 atom stereocenters. The fourth-order valence-corrected chi connectivity index (χ4v) is 3.40. The SMILES string of the molecule is CN=C(NCCc1ccc(OC)cc1O)N1CCC(Oc2ccccc2)CC1.I. The number of methoxy groups -OCH3 is 1. The predicted molar refractivity (Wildman–Crippen MR) is 127 cm³/mol. The van der Waals surface area contributed by atoms with Crippen molar-refractivity contribution in [2.24, 2.45) is 4.99 Å². The van der Waals surface area contributed by atoms with Gasteiger partial charge in [0.2, 0.25) is 0 Å². The topological polar surface area (TPSA) is 66.3 Å². The van der Waals surface area contributed by atoms with Crippen LogP contribution in [0.1, 0.15) is 18.4 Å². The number of guanidine groups is 1. The molecule has 0 unspecified atom stereocenters.